The van der Waals surface area contributed by atoms with Crippen LogP contribution in [-0.2, 0) is 48.6 Å². The minimum atomic E-state index is -4.32. The Kier molecular flexibility index (Phi) is 8.98. The van der Waals surface area contributed by atoms with Crippen LogP contribution in [0.2, 0.25) is 0 Å². The largest absolute Gasteiger partial charge is 0.478 e. The number of hydrogen-bond acceptors (Lipinski definition) is 12. The fourth-order valence-corrected chi connectivity index (χ4v) is 4.89. The van der Waals surface area contributed by atoms with E-state index in [-0.39, 0.29) is 11.4 Å². The number of nitrogens with two attached hydrogens (primary N) is 1. The minimum Gasteiger partial charge on any atom is -0.478 e. The maximum absolute atomic E-state index is 12.9. The Bertz CT molecular complexity index is 1390. The van der Waals surface area contributed by atoms with Gasteiger partial charge in [-0.2, -0.15) is 13.4 Å². The number of carbonyl (C=O) groups is 3. The lowest BCUT2D eigenvalue weighted by molar-refractivity contribution is -0.155. The lowest BCUT2D eigenvalue weighted by Crippen LogP contribution is -2.42. The van der Waals surface area contributed by atoms with Crippen LogP contribution in [0.25, 0.3) is 6.08 Å². The average Bonchev–Trinajstić information content (AvgIpc) is 3.12. The number of anilines is 1. The van der Waals surface area contributed by atoms with E-state index in [4.69, 9.17) is 29.2 Å². The minimum absolute atomic E-state index is 0.00905. The van der Waals surface area contributed by atoms with E-state index in [1.165, 1.54) is 0 Å². The van der Waals surface area contributed by atoms with E-state index < -0.39 is 70.6 Å². The summed E-state index contributed by atoms with van der Waals surface area (Å²) in [7, 11) is -4.32. The normalized spacial score (nSPS) is 21.3. The van der Waals surface area contributed by atoms with Gasteiger partial charge in [0.15, 0.2) is 12.3 Å². The number of hydrogen-bond donors (Lipinski definition) is 2. The van der Waals surface area contributed by atoms with Crippen molar-refractivity contribution in [3.63, 3.8) is 0 Å². The molecule has 1 fully saturated rings. The molecule has 1 saturated heterocycles. The van der Waals surface area contributed by atoms with Crippen LogP contribution in [0.4, 0.5) is 5.82 Å². The second-order valence-electron chi connectivity index (χ2n) is 8.13. The molecule has 1 aliphatic rings. The topological polar surface area (TPSA) is 203 Å². The molecule has 2 aromatic rings. The van der Waals surface area contributed by atoms with E-state index in [0.29, 0.717) is 5.56 Å². The van der Waals surface area contributed by atoms with Crippen LogP contribution in [0.5, 0.6) is 0 Å². The number of esters is 2. The molecular formula is C23H25N3O11S. The molecule has 3 N–H and O–H groups in total. The summed E-state index contributed by atoms with van der Waals surface area (Å²) in [5.74, 6) is -3.68. The SMILES string of the molecule is CC(=O)OC[C@H]1O[C@@H](n2cc(C=CC(=O)O)c(N)nc2=O)[C@H](OC(C)=O)[C@H]1OS(=O)(=O)Cc1ccccc1. The van der Waals surface area contributed by atoms with Crippen molar-refractivity contribution in [2.75, 3.05) is 12.3 Å². The molecule has 38 heavy (non-hydrogen) atoms. The second-order valence-corrected chi connectivity index (χ2v) is 9.73. The quantitative estimate of drug-likeness (QED) is 0.231. The van der Waals surface area contributed by atoms with E-state index in [1.54, 1.807) is 30.3 Å². The van der Waals surface area contributed by atoms with Crippen LogP contribution >= 0.6 is 0 Å². The zero-order chi connectivity index (χ0) is 28.0. The van der Waals surface area contributed by atoms with Gasteiger partial charge in [-0.25, -0.2) is 9.59 Å². The Labute approximate surface area is 216 Å². The number of carbonyl (C=O) groups excluding carboxylic acids is 2. The van der Waals surface area contributed by atoms with Gasteiger partial charge in [-0.1, -0.05) is 30.3 Å². The van der Waals surface area contributed by atoms with Crippen molar-refractivity contribution in [2.45, 2.75) is 44.1 Å². The Morgan fingerprint density at radius 3 is 2.45 bits per heavy atom. The van der Waals surface area contributed by atoms with Crippen LogP contribution < -0.4 is 11.4 Å². The predicted molar refractivity (Wildman–Crippen MR) is 130 cm³/mol. The second kappa shape index (κ2) is 12.0. The first-order valence-electron chi connectivity index (χ1n) is 11.1. The van der Waals surface area contributed by atoms with E-state index >= 15 is 0 Å². The van der Waals surface area contributed by atoms with Gasteiger partial charge in [-0.15, -0.1) is 0 Å². The first-order chi connectivity index (χ1) is 17.9. The average molecular weight is 552 g/mol. The van der Waals surface area contributed by atoms with Gasteiger partial charge in [0.1, 0.15) is 30.4 Å². The van der Waals surface area contributed by atoms with Crippen LogP contribution in [0.3, 0.4) is 0 Å². The van der Waals surface area contributed by atoms with Crippen molar-refractivity contribution in [1.82, 2.24) is 9.55 Å². The van der Waals surface area contributed by atoms with Crippen LogP contribution in [-0.4, -0.2) is 65.9 Å². The molecule has 14 nitrogen and oxygen atoms in total. The highest BCUT2D eigenvalue weighted by Crippen LogP contribution is 2.35. The molecule has 204 valence electrons. The molecule has 0 saturated carbocycles. The lowest BCUT2D eigenvalue weighted by Gasteiger charge is -2.24. The van der Waals surface area contributed by atoms with Crippen LogP contribution in [0, 0.1) is 0 Å². The molecule has 0 unspecified atom stereocenters. The number of nitrogens with zero attached hydrogens (tertiary/aromatic N) is 2. The maximum atomic E-state index is 12.9. The summed E-state index contributed by atoms with van der Waals surface area (Å²) in [4.78, 5) is 50.7. The third-order valence-corrected chi connectivity index (χ3v) is 6.38. The fraction of sp³-hybridized carbons (Fsp3) is 0.348. The number of rotatable bonds is 10. The van der Waals surface area contributed by atoms with Gasteiger partial charge in [0, 0.05) is 31.7 Å². The van der Waals surface area contributed by atoms with E-state index in [0.717, 1.165) is 36.8 Å². The van der Waals surface area contributed by atoms with Gasteiger partial charge in [0.05, 0.1) is 0 Å². The van der Waals surface area contributed by atoms with Crippen LogP contribution in [0.1, 0.15) is 31.2 Å². The predicted octanol–water partition coefficient (Wildman–Crippen LogP) is 0.231. The number of nitrogen functional groups attached to an aromatic ring is 1. The highest BCUT2D eigenvalue weighted by atomic mass is 32.2. The molecule has 4 atom stereocenters. The molecule has 0 spiro atoms. The highest BCUT2D eigenvalue weighted by molar-refractivity contribution is 7.85. The molecule has 1 aromatic carbocycles. The number of aliphatic carboxylic acids is 1. The monoisotopic (exact) mass is 551 g/mol. The summed E-state index contributed by atoms with van der Waals surface area (Å²) in [6, 6.07) is 8.13. The zero-order valence-electron chi connectivity index (χ0n) is 20.3. The molecule has 15 heteroatoms. The van der Waals surface area contributed by atoms with Crippen LogP contribution in [0.15, 0.2) is 47.4 Å². The summed E-state index contributed by atoms with van der Waals surface area (Å²) in [5.41, 5.74) is 5.17. The van der Waals surface area contributed by atoms with Gasteiger partial charge in [0.25, 0.3) is 10.1 Å². The molecule has 1 aromatic heterocycles. The third kappa shape index (κ3) is 7.47. The van der Waals surface area contributed by atoms with Crippen molar-refractivity contribution in [3.05, 3.63) is 64.2 Å². The first kappa shape index (κ1) is 28.5. The molecule has 0 aliphatic carbocycles. The Morgan fingerprint density at radius 2 is 1.84 bits per heavy atom. The summed E-state index contributed by atoms with van der Waals surface area (Å²) in [6.45, 7) is 1.67. The molecular weight excluding hydrogens is 526 g/mol. The number of carboxylic acid groups (broad SMARTS) is 1. The zero-order valence-corrected chi connectivity index (χ0v) is 21.1. The summed E-state index contributed by atoms with van der Waals surface area (Å²) >= 11 is 0. The molecule has 0 radical (unpaired) electrons. The molecule has 3 rings (SSSR count). The Balaban J connectivity index is 2.04. The van der Waals surface area contributed by atoms with Crippen molar-refractivity contribution in [3.8, 4) is 0 Å². The number of carboxylic acids is 1. The lowest BCUT2D eigenvalue weighted by atomic mass is 10.1. The van der Waals surface area contributed by atoms with Crippen molar-refractivity contribution < 1.29 is 46.3 Å². The molecule has 0 bridgehead atoms. The van der Waals surface area contributed by atoms with E-state index in [2.05, 4.69) is 4.98 Å². The van der Waals surface area contributed by atoms with Crippen molar-refractivity contribution in [2.24, 2.45) is 0 Å². The van der Waals surface area contributed by atoms with Gasteiger partial charge >= 0.3 is 23.6 Å². The summed E-state index contributed by atoms with van der Waals surface area (Å²) < 4.78 is 48.3. The van der Waals surface area contributed by atoms with Gasteiger partial charge in [0.2, 0.25) is 0 Å². The summed E-state index contributed by atoms with van der Waals surface area (Å²) in [5, 5.41) is 8.92. The van der Waals surface area contributed by atoms with E-state index in [9.17, 15) is 27.6 Å². The fourth-order valence-electron chi connectivity index (χ4n) is 3.65. The highest BCUT2D eigenvalue weighted by Gasteiger charge is 2.51. The van der Waals surface area contributed by atoms with E-state index in [1.807, 2.05) is 0 Å². The maximum Gasteiger partial charge on any atom is 0.351 e. The summed E-state index contributed by atoms with van der Waals surface area (Å²) in [6.07, 6.45) is -2.94. The van der Waals surface area contributed by atoms with Gasteiger partial charge < -0.3 is 25.1 Å². The van der Waals surface area contributed by atoms with Crippen molar-refractivity contribution >= 4 is 39.9 Å². The number of aromatic nitrogens is 2. The number of ether oxygens (including phenoxy) is 3. The molecule has 2 heterocycles. The van der Waals surface area contributed by atoms with Crippen molar-refractivity contribution in [1.29, 1.82) is 0 Å². The molecule has 0 amide bonds. The van der Waals surface area contributed by atoms with Gasteiger partial charge in [-0.05, 0) is 11.6 Å². The van der Waals surface area contributed by atoms with Gasteiger partial charge in [-0.3, -0.25) is 18.3 Å². The Morgan fingerprint density at radius 1 is 1.16 bits per heavy atom. The molecule has 1 aliphatic heterocycles. The Hall–Kier alpha value is -4.08. The smallest absolute Gasteiger partial charge is 0.351 e. The third-order valence-electron chi connectivity index (χ3n) is 5.17. The number of benzene rings is 1. The standard InChI is InChI=1S/C23H25N3O11S/c1-13(27)34-11-17-19(37-38(32,33)12-15-6-4-3-5-7-15)20(35-14(2)28)22(36-17)26-10-16(8-9-18(29)30)21(24)25-23(26)31/h3-10,17,19-20,22H,11-12H2,1-2H3,(H,29,30)(H2,24,25,31)/t17-,19+,20-,22-/m1/s1. The first-order valence-corrected chi connectivity index (χ1v) is 12.6.